The van der Waals surface area contributed by atoms with Crippen LogP contribution in [-0.2, 0) is 11.3 Å². The van der Waals surface area contributed by atoms with Crippen LogP contribution in [0.15, 0.2) is 18.2 Å². The number of benzene rings is 1. The standard InChI is InChI=1S/C14H20N2O2/c1-14(2,18-3)6-7-16-9-10-4-5-11(15)8-12(10)13(16)17/h4-5,8H,6-7,9,15H2,1-3H3. The predicted molar refractivity (Wildman–Crippen MR) is 71.3 cm³/mol. The summed E-state index contributed by atoms with van der Waals surface area (Å²) in [5, 5.41) is 0. The van der Waals surface area contributed by atoms with E-state index >= 15 is 0 Å². The molecule has 4 nitrogen and oxygen atoms in total. The van der Waals surface area contributed by atoms with E-state index in [9.17, 15) is 4.79 Å². The van der Waals surface area contributed by atoms with Crippen LogP contribution in [0.1, 0.15) is 36.2 Å². The minimum atomic E-state index is -0.200. The zero-order chi connectivity index (χ0) is 13.3. The summed E-state index contributed by atoms with van der Waals surface area (Å²) in [6, 6.07) is 5.54. The average Bonchev–Trinajstić information content (AvgIpc) is 2.64. The fourth-order valence-electron chi connectivity index (χ4n) is 2.07. The van der Waals surface area contributed by atoms with E-state index in [1.165, 1.54) is 0 Å². The molecule has 1 amide bonds. The summed E-state index contributed by atoms with van der Waals surface area (Å²) in [6.45, 7) is 5.43. The Labute approximate surface area is 108 Å². The molecule has 1 aromatic rings. The second-order valence-corrected chi connectivity index (χ2v) is 5.36. The molecule has 0 atom stereocenters. The fraction of sp³-hybridized carbons (Fsp3) is 0.500. The number of rotatable bonds is 4. The normalized spacial score (nSPS) is 15.1. The molecule has 2 N–H and O–H groups in total. The van der Waals surface area contributed by atoms with Crippen LogP contribution in [-0.4, -0.2) is 30.1 Å². The van der Waals surface area contributed by atoms with Gasteiger partial charge in [-0.1, -0.05) is 6.07 Å². The fourth-order valence-corrected chi connectivity index (χ4v) is 2.07. The molecule has 1 aliphatic heterocycles. The Hall–Kier alpha value is -1.55. The van der Waals surface area contributed by atoms with E-state index in [-0.39, 0.29) is 11.5 Å². The molecule has 0 radical (unpaired) electrons. The van der Waals surface area contributed by atoms with E-state index in [0.29, 0.717) is 18.8 Å². The van der Waals surface area contributed by atoms with Gasteiger partial charge in [-0.05, 0) is 38.0 Å². The van der Waals surface area contributed by atoms with Crippen molar-refractivity contribution in [2.75, 3.05) is 19.4 Å². The van der Waals surface area contributed by atoms with Crippen LogP contribution in [0.4, 0.5) is 5.69 Å². The van der Waals surface area contributed by atoms with Gasteiger partial charge in [-0.3, -0.25) is 4.79 Å². The van der Waals surface area contributed by atoms with Gasteiger partial charge in [0.15, 0.2) is 0 Å². The van der Waals surface area contributed by atoms with Crippen molar-refractivity contribution in [3.8, 4) is 0 Å². The monoisotopic (exact) mass is 248 g/mol. The highest BCUT2D eigenvalue weighted by molar-refractivity contribution is 5.99. The van der Waals surface area contributed by atoms with Gasteiger partial charge in [0, 0.05) is 31.5 Å². The summed E-state index contributed by atoms with van der Waals surface area (Å²) >= 11 is 0. The number of carbonyl (C=O) groups excluding carboxylic acids is 1. The Morgan fingerprint density at radius 2 is 2.17 bits per heavy atom. The number of nitrogens with two attached hydrogens (primary N) is 1. The van der Waals surface area contributed by atoms with Crippen molar-refractivity contribution in [2.45, 2.75) is 32.4 Å². The maximum atomic E-state index is 12.2. The second-order valence-electron chi connectivity index (χ2n) is 5.36. The van der Waals surface area contributed by atoms with Crippen LogP contribution in [0.3, 0.4) is 0 Å². The van der Waals surface area contributed by atoms with Crippen molar-refractivity contribution >= 4 is 11.6 Å². The molecule has 0 bridgehead atoms. The quantitative estimate of drug-likeness (QED) is 0.830. The first kappa shape index (κ1) is 12.9. The zero-order valence-electron chi connectivity index (χ0n) is 11.2. The van der Waals surface area contributed by atoms with Crippen LogP contribution in [0.2, 0.25) is 0 Å². The Morgan fingerprint density at radius 3 is 2.83 bits per heavy atom. The molecule has 0 fully saturated rings. The molecule has 0 spiro atoms. The minimum Gasteiger partial charge on any atom is -0.399 e. The molecule has 0 aromatic heterocycles. The molecule has 98 valence electrons. The third kappa shape index (κ3) is 2.48. The largest absolute Gasteiger partial charge is 0.399 e. The lowest BCUT2D eigenvalue weighted by atomic mass is 10.1. The van der Waals surface area contributed by atoms with Crippen molar-refractivity contribution in [1.29, 1.82) is 0 Å². The first-order valence-electron chi connectivity index (χ1n) is 6.16. The van der Waals surface area contributed by atoms with Gasteiger partial charge in [0.1, 0.15) is 0 Å². The third-order valence-corrected chi connectivity index (χ3v) is 3.55. The van der Waals surface area contributed by atoms with Crippen molar-refractivity contribution < 1.29 is 9.53 Å². The van der Waals surface area contributed by atoms with Crippen molar-refractivity contribution in [1.82, 2.24) is 4.90 Å². The zero-order valence-corrected chi connectivity index (χ0v) is 11.2. The summed E-state index contributed by atoms with van der Waals surface area (Å²) in [5.74, 6) is 0.0733. The van der Waals surface area contributed by atoms with E-state index in [0.717, 1.165) is 17.5 Å². The van der Waals surface area contributed by atoms with Gasteiger partial charge in [0.2, 0.25) is 0 Å². The SMILES string of the molecule is COC(C)(C)CCN1Cc2ccc(N)cc2C1=O. The van der Waals surface area contributed by atoms with Crippen molar-refractivity contribution in [3.05, 3.63) is 29.3 Å². The Morgan fingerprint density at radius 1 is 1.44 bits per heavy atom. The van der Waals surface area contributed by atoms with E-state index in [1.54, 1.807) is 13.2 Å². The first-order valence-corrected chi connectivity index (χ1v) is 6.16. The lowest BCUT2D eigenvalue weighted by Gasteiger charge is -2.26. The summed E-state index contributed by atoms with van der Waals surface area (Å²) in [7, 11) is 1.70. The maximum absolute atomic E-state index is 12.2. The van der Waals surface area contributed by atoms with E-state index in [2.05, 4.69) is 0 Å². The molecule has 1 aromatic carbocycles. The number of anilines is 1. The number of hydrogen-bond acceptors (Lipinski definition) is 3. The van der Waals surface area contributed by atoms with Crippen LogP contribution in [0.5, 0.6) is 0 Å². The number of carbonyl (C=O) groups is 1. The highest BCUT2D eigenvalue weighted by atomic mass is 16.5. The predicted octanol–water partition coefficient (Wildman–Crippen LogP) is 2.04. The van der Waals surface area contributed by atoms with Crippen molar-refractivity contribution in [3.63, 3.8) is 0 Å². The average molecular weight is 248 g/mol. The van der Waals surface area contributed by atoms with Gasteiger partial charge < -0.3 is 15.4 Å². The summed E-state index contributed by atoms with van der Waals surface area (Å²) in [6.07, 6.45) is 0.818. The summed E-state index contributed by atoms with van der Waals surface area (Å²) in [4.78, 5) is 14.0. The number of methoxy groups -OCH3 is 1. The van der Waals surface area contributed by atoms with Gasteiger partial charge >= 0.3 is 0 Å². The van der Waals surface area contributed by atoms with Crippen LogP contribution < -0.4 is 5.73 Å². The summed E-state index contributed by atoms with van der Waals surface area (Å²) < 4.78 is 5.37. The number of fused-ring (bicyclic) bond motifs is 1. The number of nitrogens with zero attached hydrogens (tertiary/aromatic N) is 1. The molecule has 0 saturated carbocycles. The number of ether oxygens (including phenoxy) is 1. The molecule has 1 aliphatic rings. The topological polar surface area (TPSA) is 55.6 Å². The highest BCUT2D eigenvalue weighted by Crippen LogP contribution is 2.26. The van der Waals surface area contributed by atoms with E-state index < -0.39 is 0 Å². The van der Waals surface area contributed by atoms with Gasteiger partial charge in [-0.15, -0.1) is 0 Å². The molecule has 1 heterocycles. The van der Waals surface area contributed by atoms with Gasteiger partial charge in [-0.2, -0.15) is 0 Å². The smallest absolute Gasteiger partial charge is 0.254 e. The molecule has 2 rings (SSSR count). The first-order chi connectivity index (χ1) is 8.43. The summed E-state index contributed by atoms with van der Waals surface area (Å²) in [5.41, 5.74) is 7.95. The lowest BCUT2D eigenvalue weighted by molar-refractivity contribution is 0.00814. The molecule has 0 aliphatic carbocycles. The van der Waals surface area contributed by atoms with Crippen LogP contribution in [0, 0.1) is 0 Å². The Bertz CT molecular complexity index is 469. The Balaban J connectivity index is 2.06. The highest BCUT2D eigenvalue weighted by Gasteiger charge is 2.28. The van der Waals surface area contributed by atoms with Crippen molar-refractivity contribution in [2.24, 2.45) is 0 Å². The van der Waals surface area contributed by atoms with Crippen LogP contribution in [0.25, 0.3) is 0 Å². The number of amides is 1. The molecular weight excluding hydrogens is 228 g/mol. The number of hydrogen-bond donors (Lipinski definition) is 1. The van der Waals surface area contributed by atoms with Gasteiger partial charge in [-0.25, -0.2) is 0 Å². The second kappa shape index (κ2) is 4.61. The molecule has 0 unspecified atom stereocenters. The van der Waals surface area contributed by atoms with Crippen LogP contribution >= 0.6 is 0 Å². The Kier molecular flexibility index (Phi) is 3.30. The molecule has 0 saturated heterocycles. The number of nitrogen functional groups attached to an aromatic ring is 1. The van der Waals surface area contributed by atoms with Gasteiger partial charge in [0.25, 0.3) is 5.91 Å². The van der Waals surface area contributed by atoms with E-state index in [4.69, 9.17) is 10.5 Å². The lowest BCUT2D eigenvalue weighted by Crippen LogP contribution is -2.32. The third-order valence-electron chi connectivity index (χ3n) is 3.55. The molecule has 18 heavy (non-hydrogen) atoms. The maximum Gasteiger partial charge on any atom is 0.254 e. The molecular formula is C14H20N2O2. The van der Waals surface area contributed by atoms with E-state index in [1.807, 2.05) is 30.9 Å². The molecule has 4 heteroatoms. The van der Waals surface area contributed by atoms with Gasteiger partial charge in [0.05, 0.1) is 5.60 Å². The minimum absolute atomic E-state index is 0.0733.